The lowest BCUT2D eigenvalue weighted by molar-refractivity contribution is 0.0690. The largest absolute Gasteiger partial charge is 0.339 e. The van der Waals surface area contributed by atoms with Crippen LogP contribution in [0.15, 0.2) is 24.3 Å². The van der Waals surface area contributed by atoms with Crippen molar-refractivity contribution in [2.24, 2.45) is 5.92 Å². The summed E-state index contributed by atoms with van der Waals surface area (Å²) in [6.07, 6.45) is 2.23. The Balaban J connectivity index is 0.00000200. The van der Waals surface area contributed by atoms with Gasteiger partial charge >= 0.3 is 0 Å². The van der Waals surface area contributed by atoms with Crippen molar-refractivity contribution < 1.29 is 4.79 Å². The van der Waals surface area contributed by atoms with Gasteiger partial charge in [0.15, 0.2) is 0 Å². The summed E-state index contributed by atoms with van der Waals surface area (Å²) in [6.45, 7) is 8.08. The van der Waals surface area contributed by atoms with Crippen molar-refractivity contribution in [3.05, 3.63) is 35.4 Å². The fourth-order valence-electron chi connectivity index (χ4n) is 2.57. The summed E-state index contributed by atoms with van der Waals surface area (Å²) in [6, 6.07) is 7.88. The number of piperidine rings is 1. The van der Waals surface area contributed by atoms with Crippen LogP contribution in [0.3, 0.4) is 0 Å². The Morgan fingerprint density at radius 1 is 1.25 bits per heavy atom. The van der Waals surface area contributed by atoms with Crippen LogP contribution >= 0.6 is 12.4 Å². The number of likely N-dealkylation sites (tertiary alicyclic amines) is 1. The number of nitrogens with one attached hydrogen (secondary N) is 1. The molecule has 0 unspecified atom stereocenters. The average Bonchev–Trinajstić information content (AvgIpc) is 2.46. The normalized spacial score (nSPS) is 15.8. The maximum absolute atomic E-state index is 12.3. The fourth-order valence-corrected chi connectivity index (χ4v) is 2.57. The van der Waals surface area contributed by atoms with Crippen LogP contribution in [-0.4, -0.2) is 37.0 Å². The van der Waals surface area contributed by atoms with Crippen molar-refractivity contribution in [3.8, 4) is 0 Å². The highest BCUT2D eigenvalue weighted by Gasteiger charge is 2.23. The van der Waals surface area contributed by atoms with E-state index in [0.717, 1.165) is 50.5 Å². The molecule has 1 aliphatic rings. The van der Waals surface area contributed by atoms with E-state index < -0.39 is 0 Å². The van der Waals surface area contributed by atoms with E-state index in [1.54, 1.807) is 0 Å². The zero-order valence-corrected chi connectivity index (χ0v) is 13.2. The first-order chi connectivity index (χ1) is 9.20. The molecule has 0 aliphatic carbocycles. The fraction of sp³-hybridized carbons (Fsp3) is 0.562. The van der Waals surface area contributed by atoms with Gasteiger partial charge in [-0.15, -0.1) is 12.4 Å². The second kappa shape index (κ2) is 8.28. The maximum atomic E-state index is 12.3. The van der Waals surface area contributed by atoms with Gasteiger partial charge in [0, 0.05) is 18.7 Å². The summed E-state index contributed by atoms with van der Waals surface area (Å²) in [4.78, 5) is 14.3. The summed E-state index contributed by atoms with van der Waals surface area (Å²) < 4.78 is 0. The minimum atomic E-state index is 0. The molecule has 1 aromatic rings. The zero-order valence-electron chi connectivity index (χ0n) is 12.4. The number of hydrogen-bond donors (Lipinski definition) is 1. The first-order valence-electron chi connectivity index (χ1n) is 7.27. The van der Waals surface area contributed by atoms with E-state index >= 15 is 0 Å². The molecule has 2 rings (SSSR count). The van der Waals surface area contributed by atoms with Crippen LogP contribution in [0.4, 0.5) is 0 Å². The van der Waals surface area contributed by atoms with E-state index in [4.69, 9.17) is 0 Å². The third-order valence-electron chi connectivity index (χ3n) is 3.88. The molecule has 1 amide bonds. The van der Waals surface area contributed by atoms with Crippen LogP contribution in [0.1, 0.15) is 35.7 Å². The summed E-state index contributed by atoms with van der Waals surface area (Å²) in [5.74, 6) is 0.906. The lowest BCUT2D eigenvalue weighted by Crippen LogP contribution is -2.40. The molecule has 1 saturated heterocycles. The monoisotopic (exact) mass is 296 g/mol. The van der Waals surface area contributed by atoms with E-state index in [9.17, 15) is 4.79 Å². The molecule has 1 heterocycles. The number of amides is 1. The molecule has 4 heteroatoms. The molecule has 1 aliphatic heterocycles. The molecule has 1 fully saturated rings. The standard InChI is InChI=1S/C16H24N2O.ClH/c1-3-17-12-14-8-10-18(11-9-14)16(19)15-6-4-13(2)5-7-15;/h4-7,14,17H,3,8-12H2,1-2H3;1H. The predicted molar refractivity (Wildman–Crippen MR) is 85.6 cm³/mol. The van der Waals surface area contributed by atoms with Crippen molar-refractivity contribution in [3.63, 3.8) is 0 Å². The lowest BCUT2D eigenvalue weighted by atomic mass is 9.96. The highest BCUT2D eigenvalue weighted by Crippen LogP contribution is 2.18. The van der Waals surface area contributed by atoms with Gasteiger partial charge in [-0.05, 0) is 50.9 Å². The first-order valence-corrected chi connectivity index (χ1v) is 7.27. The number of nitrogens with zero attached hydrogens (tertiary/aromatic N) is 1. The number of benzene rings is 1. The zero-order chi connectivity index (χ0) is 13.7. The van der Waals surface area contributed by atoms with Crippen molar-refractivity contribution in [2.75, 3.05) is 26.2 Å². The van der Waals surface area contributed by atoms with E-state index in [1.807, 2.05) is 36.1 Å². The van der Waals surface area contributed by atoms with Crippen LogP contribution in [0, 0.1) is 12.8 Å². The van der Waals surface area contributed by atoms with Crippen molar-refractivity contribution in [1.29, 1.82) is 0 Å². The van der Waals surface area contributed by atoms with Crippen molar-refractivity contribution in [1.82, 2.24) is 10.2 Å². The van der Waals surface area contributed by atoms with Crippen molar-refractivity contribution >= 4 is 18.3 Å². The van der Waals surface area contributed by atoms with E-state index in [0.29, 0.717) is 0 Å². The molecule has 20 heavy (non-hydrogen) atoms. The Morgan fingerprint density at radius 2 is 1.85 bits per heavy atom. The predicted octanol–water partition coefficient (Wildman–Crippen LogP) is 2.88. The molecule has 0 saturated carbocycles. The van der Waals surface area contributed by atoms with Crippen LogP contribution in [0.5, 0.6) is 0 Å². The maximum Gasteiger partial charge on any atom is 0.253 e. The molecule has 0 aromatic heterocycles. The molecular formula is C16H25ClN2O. The van der Waals surface area contributed by atoms with E-state index in [1.165, 1.54) is 5.56 Å². The quantitative estimate of drug-likeness (QED) is 0.926. The van der Waals surface area contributed by atoms with Gasteiger partial charge < -0.3 is 10.2 Å². The Hall–Kier alpha value is -1.06. The van der Waals surface area contributed by atoms with Gasteiger partial charge in [0.1, 0.15) is 0 Å². The van der Waals surface area contributed by atoms with Gasteiger partial charge in [-0.1, -0.05) is 24.6 Å². The lowest BCUT2D eigenvalue weighted by Gasteiger charge is -2.32. The highest BCUT2D eigenvalue weighted by atomic mass is 35.5. The van der Waals surface area contributed by atoms with Gasteiger partial charge in [0.25, 0.3) is 5.91 Å². The molecule has 3 nitrogen and oxygen atoms in total. The Labute approximate surface area is 128 Å². The second-order valence-corrected chi connectivity index (χ2v) is 5.41. The minimum Gasteiger partial charge on any atom is -0.339 e. The van der Waals surface area contributed by atoms with Gasteiger partial charge in [0.05, 0.1) is 0 Å². The van der Waals surface area contributed by atoms with Crippen LogP contribution in [-0.2, 0) is 0 Å². The van der Waals surface area contributed by atoms with Crippen molar-refractivity contribution in [2.45, 2.75) is 26.7 Å². The van der Waals surface area contributed by atoms with Crippen LogP contribution in [0.2, 0.25) is 0 Å². The SMILES string of the molecule is CCNCC1CCN(C(=O)c2ccc(C)cc2)CC1.Cl. The van der Waals surface area contributed by atoms with Crippen LogP contribution in [0.25, 0.3) is 0 Å². The Kier molecular flexibility index (Phi) is 7.03. The number of rotatable bonds is 4. The molecule has 0 radical (unpaired) electrons. The number of carbonyl (C=O) groups excluding carboxylic acids is 1. The first kappa shape index (κ1) is 17.0. The van der Waals surface area contributed by atoms with Gasteiger partial charge in [0.2, 0.25) is 0 Å². The molecular weight excluding hydrogens is 272 g/mol. The Morgan fingerprint density at radius 3 is 2.40 bits per heavy atom. The smallest absolute Gasteiger partial charge is 0.253 e. The minimum absolute atomic E-state index is 0. The molecule has 112 valence electrons. The summed E-state index contributed by atoms with van der Waals surface area (Å²) >= 11 is 0. The molecule has 1 aromatic carbocycles. The summed E-state index contributed by atoms with van der Waals surface area (Å²) in [5.41, 5.74) is 2.01. The van der Waals surface area contributed by atoms with Gasteiger partial charge in [-0.2, -0.15) is 0 Å². The number of halogens is 1. The third-order valence-corrected chi connectivity index (χ3v) is 3.88. The average molecular weight is 297 g/mol. The molecule has 0 atom stereocenters. The second-order valence-electron chi connectivity index (χ2n) is 5.41. The number of aryl methyl sites for hydroxylation is 1. The van der Waals surface area contributed by atoms with E-state index in [-0.39, 0.29) is 18.3 Å². The van der Waals surface area contributed by atoms with Gasteiger partial charge in [-0.3, -0.25) is 4.79 Å². The van der Waals surface area contributed by atoms with Gasteiger partial charge in [-0.25, -0.2) is 0 Å². The molecule has 1 N–H and O–H groups in total. The summed E-state index contributed by atoms with van der Waals surface area (Å²) in [5, 5.41) is 3.40. The third kappa shape index (κ3) is 4.50. The molecule has 0 spiro atoms. The van der Waals surface area contributed by atoms with Crippen LogP contribution < -0.4 is 5.32 Å². The summed E-state index contributed by atoms with van der Waals surface area (Å²) in [7, 11) is 0. The highest BCUT2D eigenvalue weighted by molar-refractivity contribution is 5.94. The molecule has 0 bridgehead atoms. The number of hydrogen-bond acceptors (Lipinski definition) is 2. The topological polar surface area (TPSA) is 32.3 Å². The van der Waals surface area contributed by atoms with E-state index in [2.05, 4.69) is 12.2 Å². The Bertz CT molecular complexity index is 411. The number of carbonyl (C=O) groups is 1.